The lowest BCUT2D eigenvalue weighted by molar-refractivity contribution is 0.141. The molecule has 0 aliphatic carbocycles. The second-order valence-electron chi connectivity index (χ2n) is 7.23. The summed E-state index contributed by atoms with van der Waals surface area (Å²) in [5.74, 6) is 0. The van der Waals surface area contributed by atoms with Crippen LogP contribution in [0.25, 0.3) is 0 Å². The van der Waals surface area contributed by atoms with Crippen molar-refractivity contribution in [1.29, 1.82) is 0 Å². The first-order valence-electron chi connectivity index (χ1n) is 7.42. The molecule has 3 nitrogen and oxygen atoms in total. The zero-order valence-corrected chi connectivity index (χ0v) is 13.3. The lowest BCUT2D eigenvalue weighted by atomic mass is 9.92. The predicted octanol–water partition coefficient (Wildman–Crippen LogP) is 2.04. The summed E-state index contributed by atoms with van der Waals surface area (Å²) in [4.78, 5) is 5.02. The molecule has 0 spiro atoms. The Hall–Kier alpha value is -0.120. The van der Waals surface area contributed by atoms with Gasteiger partial charge in [-0.2, -0.15) is 0 Å². The second kappa shape index (κ2) is 6.88. The SMILES string of the molecule is CC(C)NCC(C)(C)CN1CCCC1CN(C)C. The van der Waals surface area contributed by atoms with E-state index in [1.165, 1.54) is 32.5 Å². The second-order valence-corrected chi connectivity index (χ2v) is 7.23. The molecule has 1 saturated heterocycles. The first-order chi connectivity index (χ1) is 8.30. The Morgan fingerprint density at radius 1 is 1.33 bits per heavy atom. The number of likely N-dealkylation sites (N-methyl/N-ethyl adjacent to an activating group) is 1. The summed E-state index contributed by atoms with van der Waals surface area (Å²) in [6.45, 7) is 14.0. The topological polar surface area (TPSA) is 18.5 Å². The van der Waals surface area contributed by atoms with Crippen molar-refractivity contribution in [3.05, 3.63) is 0 Å². The Morgan fingerprint density at radius 2 is 2.00 bits per heavy atom. The van der Waals surface area contributed by atoms with Crippen molar-refractivity contribution in [2.75, 3.05) is 40.3 Å². The maximum absolute atomic E-state index is 3.58. The van der Waals surface area contributed by atoms with Crippen LogP contribution < -0.4 is 5.32 Å². The molecule has 0 aromatic rings. The van der Waals surface area contributed by atoms with Crippen molar-refractivity contribution in [3.63, 3.8) is 0 Å². The third-order valence-corrected chi connectivity index (χ3v) is 3.69. The largest absolute Gasteiger partial charge is 0.314 e. The van der Waals surface area contributed by atoms with Crippen molar-refractivity contribution in [1.82, 2.24) is 15.1 Å². The average Bonchev–Trinajstić information content (AvgIpc) is 2.61. The normalized spacial score (nSPS) is 22.3. The van der Waals surface area contributed by atoms with Crippen molar-refractivity contribution in [3.8, 4) is 0 Å². The maximum atomic E-state index is 3.58. The van der Waals surface area contributed by atoms with Gasteiger partial charge in [0, 0.05) is 31.7 Å². The molecule has 1 aliphatic heterocycles. The molecule has 0 bridgehead atoms. The van der Waals surface area contributed by atoms with Gasteiger partial charge in [0.1, 0.15) is 0 Å². The molecule has 0 radical (unpaired) electrons. The Kier molecular flexibility index (Phi) is 6.09. The summed E-state index contributed by atoms with van der Waals surface area (Å²) < 4.78 is 0. The molecule has 0 saturated carbocycles. The van der Waals surface area contributed by atoms with Crippen LogP contribution in [0, 0.1) is 5.41 Å². The van der Waals surface area contributed by atoms with Gasteiger partial charge >= 0.3 is 0 Å². The summed E-state index contributed by atoms with van der Waals surface area (Å²) in [6.07, 6.45) is 2.73. The Balaban J connectivity index is 2.43. The molecule has 1 rings (SSSR count). The van der Waals surface area contributed by atoms with Gasteiger partial charge in [0.05, 0.1) is 0 Å². The van der Waals surface area contributed by atoms with Gasteiger partial charge in [-0.15, -0.1) is 0 Å². The molecule has 1 aliphatic rings. The van der Waals surface area contributed by atoms with E-state index in [0.717, 1.165) is 12.6 Å². The van der Waals surface area contributed by atoms with Crippen LogP contribution in [0.1, 0.15) is 40.5 Å². The predicted molar refractivity (Wildman–Crippen MR) is 80.1 cm³/mol. The van der Waals surface area contributed by atoms with Gasteiger partial charge in [-0.1, -0.05) is 27.7 Å². The minimum atomic E-state index is 0.360. The zero-order chi connectivity index (χ0) is 13.8. The minimum absolute atomic E-state index is 0.360. The Labute approximate surface area is 114 Å². The van der Waals surface area contributed by atoms with Crippen molar-refractivity contribution in [2.45, 2.75) is 52.6 Å². The summed E-state index contributed by atoms with van der Waals surface area (Å²) in [6, 6.07) is 1.35. The quantitative estimate of drug-likeness (QED) is 0.751. The third kappa shape index (κ3) is 5.68. The van der Waals surface area contributed by atoms with Crippen LogP contribution in [0.15, 0.2) is 0 Å². The molecule has 1 unspecified atom stereocenters. The average molecular weight is 255 g/mol. The minimum Gasteiger partial charge on any atom is -0.314 e. The molecule has 1 atom stereocenters. The van der Waals surface area contributed by atoms with Crippen LogP contribution in [0.4, 0.5) is 0 Å². The maximum Gasteiger partial charge on any atom is 0.0223 e. The van der Waals surface area contributed by atoms with E-state index in [-0.39, 0.29) is 0 Å². The number of nitrogens with zero attached hydrogens (tertiary/aromatic N) is 2. The molecular formula is C15H33N3. The number of hydrogen-bond acceptors (Lipinski definition) is 3. The molecule has 1 N–H and O–H groups in total. The third-order valence-electron chi connectivity index (χ3n) is 3.69. The van der Waals surface area contributed by atoms with E-state index in [1.54, 1.807) is 0 Å². The highest BCUT2D eigenvalue weighted by Crippen LogP contribution is 2.24. The fraction of sp³-hybridized carbons (Fsp3) is 1.00. The summed E-state index contributed by atoms with van der Waals surface area (Å²) in [5, 5.41) is 3.58. The summed E-state index contributed by atoms with van der Waals surface area (Å²) >= 11 is 0. The van der Waals surface area contributed by atoms with E-state index in [9.17, 15) is 0 Å². The number of nitrogens with one attached hydrogen (secondary N) is 1. The van der Waals surface area contributed by atoms with Crippen LogP contribution in [0.2, 0.25) is 0 Å². The number of hydrogen-bond donors (Lipinski definition) is 1. The van der Waals surface area contributed by atoms with Crippen LogP contribution in [-0.4, -0.2) is 62.2 Å². The highest BCUT2D eigenvalue weighted by Gasteiger charge is 2.30. The molecule has 0 amide bonds. The smallest absolute Gasteiger partial charge is 0.0223 e. The van der Waals surface area contributed by atoms with Crippen LogP contribution >= 0.6 is 0 Å². The van der Waals surface area contributed by atoms with E-state index in [1.807, 2.05) is 0 Å². The molecule has 1 fully saturated rings. The van der Waals surface area contributed by atoms with Crippen molar-refractivity contribution >= 4 is 0 Å². The van der Waals surface area contributed by atoms with Gasteiger partial charge in [-0.3, -0.25) is 4.90 Å². The Morgan fingerprint density at radius 3 is 2.56 bits per heavy atom. The lowest BCUT2D eigenvalue weighted by Gasteiger charge is -2.35. The van der Waals surface area contributed by atoms with Gasteiger partial charge < -0.3 is 10.2 Å². The first kappa shape index (κ1) is 15.9. The molecular weight excluding hydrogens is 222 g/mol. The molecule has 1 heterocycles. The number of rotatable bonds is 7. The van der Waals surface area contributed by atoms with Crippen molar-refractivity contribution in [2.24, 2.45) is 5.41 Å². The van der Waals surface area contributed by atoms with Gasteiger partial charge in [0.15, 0.2) is 0 Å². The van der Waals surface area contributed by atoms with Gasteiger partial charge in [-0.05, 0) is 38.9 Å². The molecule has 108 valence electrons. The van der Waals surface area contributed by atoms with E-state index < -0.39 is 0 Å². The highest BCUT2D eigenvalue weighted by atomic mass is 15.2. The van der Waals surface area contributed by atoms with Gasteiger partial charge in [0.2, 0.25) is 0 Å². The summed E-state index contributed by atoms with van der Waals surface area (Å²) in [7, 11) is 4.37. The molecule has 0 aromatic carbocycles. The number of likely N-dealkylation sites (tertiary alicyclic amines) is 1. The standard InChI is InChI=1S/C15H33N3/c1-13(2)16-11-15(3,4)12-18-9-7-8-14(18)10-17(5)6/h13-14,16H,7-12H2,1-6H3. The van der Waals surface area contributed by atoms with Crippen LogP contribution in [0.5, 0.6) is 0 Å². The zero-order valence-electron chi connectivity index (χ0n) is 13.3. The van der Waals surface area contributed by atoms with Crippen molar-refractivity contribution < 1.29 is 0 Å². The van der Waals surface area contributed by atoms with Crippen LogP contribution in [-0.2, 0) is 0 Å². The lowest BCUT2D eigenvalue weighted by Crippen LogP contribution is -2.46. The molecule has 18 heavy (non-hydrogen) atoms. The molecule has 3 heteroatoms. The van der Waals surface area contributed by atoms with Crippen LogP contribution in [0.3, 0.4) is 0 Å². The van der Waals surface area contributed by atoms with E-state index >= 15 is 0 Å². The fourth-order valence-corrected chi connectivity index (χ4v) is 2.82. The molecule has 0 aromatic heterocycles. The fourth-order valence-electron chi connectivity index (χ4n) is 2.82. The Bertz CT molecular complexity index is 236. The van der Waals surface area contributed by atoms with E-state index in [0.29, 0.717) is 11.5 Å². The monoisotopic (exact) mass is 255 g/mol. The van der Waals surface area contributed by atoms with Gasteiger partial charge in [0.25, 0.3) is 0 Å². The van der Waals surface area contributed by atoms with E-state index in [2.05, 4.69) is 56.9 Å². The highest BCUT2D eigenvalue weighted by molar-refractivity contribution is 4.86. The summed E-state index contributed by atoms with van der Waals surface area (Å²) in [5.41, 5.74) is 0.360. The van der Waals surface area contributed by atoms with E-state index in [4.69, 9.17) is 0 Å². The first-order valence-corrected chi connectivity index (χ1v) is 7.42. The van der Waals surface area contributed by atoms with Gasteiger partial charge in [-0.25, -0.2) is 0 Å².